The molecule has 3 rings (SSSR count). The summed E-state index contributed by atoms with van der Waals surface area (Å²) in [5, 5.41) is 0. The fourth-order valence-electron chi connectivity index (χ4n) is 2.19. The van der Waals surface area contributed by atoms with Gasteiger partial charge in [-0.15, -0.1) is 0 Å². The third kappa shape index (κ3) is 4.01. The van der Waals surface area contributed by atoms with E-state index in [0.717, 1.165) is 17.5 Å². The van der Waals surface area contributed by atoms with E-state index in [1.165, 1.54) is 12.1 Å². The molecular formula is C19H15FN2O2. The number of aromatic nitrogens is 2. The monoisotopic (exact) mass is 322 g/mol. The predicted octanol–water partition coefficient (Wildman–Crippen LogP) is 4.21. The number of aryl methyl sites for hydroxylation is 1. The van der Waals surface area contributed by atoms with E-state index >= 15 is 0 Å². The van der Waals surface area contributed by atoms with E-state index < -0.39 is 0 Å². The van der Waals surface area contributed by atoms with Crippen molar-refractivity contribution in [2.45, 2.75) is 12.8 Å². The van der Waals surface area contributed by atoms with Gasteiger partial charge in [-0.3, -0.25) is 0 Å². The Morgan fingerprint density at radius 1 is 0.958 bits per heavy atom. The highest BCUT2D eigenvalue weighted by Gasteiger charge is 2.04. The van der Waals surface area contributed by atoms with Crippen LogP contribution in [0.4, 0.5) is 4.39 Å². The normalized spacial score (nSPS) is 10.4. The van der Waals surface area contributed by atoms with Gasteiger partial charge in [-0.1, -0.05) is 0 Å². The Hall–Kier alpha value is -3.08. The van der Waals surface area contributed by atoms with Crippen molar-refractivity contribution >= 4 is 6.29 Å². The van der Waals surface area contributed by atoms with E-state index in [-0.39, 0.29) is 5.82 Å². The minimum atomic E-state index is -0.302. The van der Waals surface area contributed by atoms with Gasteiger partial charge < -0.3 is 9.53 Å². The number of carbonyl (C=O) groups is 1. The lowest BCUT2D eigenvalue weighted by molar-refractivity contribution is -0.107. The third-order valence-corrected chi connectivity index (χ3v) is 3.39. The molecule has 4 nitrogen and oxygen atoms in total. The largest absolute Gasteiger partial charge is 0.457 e. The minimum absolute atomic E-state index is 0.302. The van der Waals surface area contributed by atoms with Crippen molar-refractivity contribution in [2.24, 2.45) is 0 Å². The standard InChI is InChI=1S/C19H15FN2O2/c20-15-5-9-18(10-6-15)24-17-7-3-14(4-8-17)19-21-12-11-16(22-19)2-1-13-23/h3-13H,1-2H2. The van der Waals surface area contributed by atoms with Crippen LogP contribution in [0, 0.1) is 5.82 Å². The van der Waals surface area contributed by atoms with Crippen LogP contribution in [0.15, 0.2) is 60.8 Å². The number of ether oxygens (including phenoxy) is 1. The molecule has 0 spiro atoms. The topological polar surface area (TPSA) is 52.1 Å². The quantitative estimate of drug-likeness (QED) is 0.638. The molecular weight excluding hydrogens is 307 g/mol. The molecule has 0 aliphatic heterocycles. The van der Waals surface area contributed by atoms with E-state index in [1.54, 1.807) is 36.5 Å². The van der Waals surface area contributed by atoms with Crippen molar-refractivity contribution < 1.29 is 13.9 Å². The lowest BCUT2D eigenvalue weighted by Crippen LogP contribution is -1.95. The molecule has 3 aromatic rings. The molecule has 0 saturated heterocycles. The zero-order valence-electron chi connectivity index (χ0n) is 12.9. The first-order valence-corrected chi connectivity index (χ1v) is 7.54. The summed E-state index contributed by atoms with van der Waals surface area (Å²) in [7, 11) is 0. The van der Waals surface area contributed by atoms with Gasteiger partial charge >= 0.3 is 0 Å². The Balaban J connectivity index is 1.74. The Kier molecular flexibility index (Phi) is 4.91. The maximum absolute atomic E-state index is 12.9. The number of nitrogens with zero attached hydrogens (tertiary/aromatic N) is 2. The van der Waals surface area contributed by atoms with Gasteiger partial charge in [-0.25, -0.2) is 14.4 Å². The van der Waals surface area contributed by atoms with Gasteiger partial charge in [-0.2, -0.15) is 0 Å². The van der Waals surface area contributed by atoms with Gasteiger partial charge in [0.1, 0.15) is 23.6 Å². The molecule has 5 heteroatoms. The van der Waals surface area contributed by atoms with Crippen LogP contribution in [0.3, 0.4) is 0 Å². The van der Waals surface area contributed by atoms with Crippen LogP contribution in [0.25, 0.3) is 11.4 Å². The second kappa shape index (κ2) is 7.46. The molecule has 0 aliphatic rings. The van der Waals surface area contributed by atoms with Crippen molar-refractivity contribution in [3.05, 3.63) is 72.3 Å². The van der Waals surface area contributed by atoms with Gasteiger partial charge in [0, 0.05) is 23.9 Å². The van der Waals surface area contributed by atoms with Crippen molar-refractivity contribution in [2.75, 3.05) is 0 Å². The van der Waals surface area contributed by atoms with Gasteiger partial charge in [0.15, 0.2) is 5.82 Å². The maximum atomic E-state index is 12.9. The number of aldehydes is 1. The average molecular weight is 322 g/mol. The first kappa shape index (κ1) is 15.8. The van der Waals surface area contributed by atoms with Crippen LogP contribution in [0.1, 0.15) is 12.1 Å². The summed E-state index contributed by atoms with van der Waals surface area (Å²) in [5.74, 6) is 1.51. The Bertz CT molecular complexity index is 818. The molecule has 0 fully saturated rings. The first-order valence-electron chi connectivity index (χ1n) is 7.54. The smallest absolute Gasteiger partial charge is 0.159 e. The maximum Gasteiger partial charge on any atom is 0.159 e. The summed E-state index contributed by atoms with van der Waals surface area (Å²) in [6.45, 7) is 0. The molecule has 0 unspecified atom stereocenters. The Morgan fingerprint density at radius 2 is 1.62 bits per heavy atom. The average Bonchev–Trinajstić information content (AvgIpc) is 2.63. The molecule has 0 aliphatic carbocycles. The van der Waals surface area contributed by atoms with Crippen LogP contribution >= 0.6 is 0 Å². The van der Waals surface area contributed by atoms with Crippen molar-refractivity contribution in [3.8, 4) is 22.9 Å². The van der Waals surface area contributed by atoms with E-state index in [1.807, 2.05) is 12.1 Å². The minimum Gasteiger partial charge on any atom is -0.457 e. The highest BCUT2D eigenvalue weighted by molar-refractivity contribution is 5.56. The summed E-state index contributed by atoms with van der Waals surface area (Å²) in [6, 6.07) is 15.0. The molecule has 24 heavy (non-hydrogen) atoms. The fourth-order valence-corrected chi connectivity index (χ4v) is 2.19. The number of carbonyl (C=O) groups excluding carboxylic acids is 1. The number of hydrogen-bond acceptors (Lipinski definition) is 4. The van der Waals surface area contributed by atoms with Crippen LogP contribution in [-0.2, 0) is 11.2 Å². The summed E-state index contributed by atoms with van der Waals surface area (Å²) in [4.78, 5) is 19.2. The molecule has 2 aromatic carbocycles. The van der Waals surface area contributed by atoms with E-state index in [9.17, 15) is 9.18 Å². The van der Waals surface area contributed by atoms with Crippen molar-refractivity contribution in [3.63, 3.8) is 0 Å². The lowest BCUT2D eigenvalue weighted by atomic mass is 10.2. The SMILES string of the molecule is O=CCCc1ccnc(-c2ccc(Oc3ccc(F)cc3)cc2)n1. The second-order valence-electron chi connectivity index (χ2n) is 5.16. The van der Waals surface area contributed by atoms with Crippen LogP contribution in [0.2, 0.25) is 0 Å². The first-order chi connectivity index (χ1) is 11.7. The van der Waals surface area contributed by atoms with Gasteiger partial charge in [0.2, 0.25) is 0 Å². The van der Waals surface area contributed by atoms with Crippen LogP contribution in [0.5, 0.6) is 11.5 Å². The highest BCUT2D eigenvalue weighted by Crippen LogP contribution is 2.24. The lowest BCUT2D eigenvalue weighted by Gasteiger charge is -2.07. The highest BCUT2D eigenvalue weighted by atomic mass is 19.1. The van der Waals surface area contributed by atoms with E-state index in [4.69, 9.17) is 4.74 Å². The summed E-state index contributed by atoms with van der Waals surface area (Å²) in [6.07, 6.45) is 3.61. The summed E-state index contributed by atoms with van der Waals surface area (Å²) >= 11 is 0. The van der Waals surface area contributed by atoms with Gasteiger partial charge in [0.05, 0.1) is 0 Å². The van der Waals surface area contributed by atoms with Gasteiger partial charge in [0.25, 0.3) is 0 Å². The number of benzene rings is 2. The number of hydrogen-bond donors (Lipinski definition) is 0. The molecule has 1 heterocycles. The predicted molar refractivity (Wildman–Crippen MR) is 88.3 cm³/mol. The summed E-state index contributed by atoms with van der Waals surface area (Å²) in [5.41, 5.74) is 1.69. The van der Waals surface area contributed by atoms with Crippen molar-refractivity contribution in [1.29, 1.82) is 0 Å². The molecule has 0 bridgehead atoms. The molecule has 120 valence electrons. The molecule has 0 amide bonds. The molecule has 1 aromatic heterocycles. The zero-order chi connectivity index (χ0) is 16.8. The molecule has 0 radical (unpaired) electrons. The fraction of sp³-hybridized carbons (Fsp3) is 0.105. The van der Waals surface area contributed by atoms with E-state index in [2.05, 4.69) is 9.97 Å². The zero-order valence-corrected chi connectivity index (χ0v) is 12.9. The van der Waals surface area contributed by atoms with Crippen LogP contribution in [-0.4, -0.2) is 16.3 Å². The number of halogens is 1. The molecule has 0 saturated carbocycles. The number of rotatable bonds is 6. The van der Waals surface area contributed by atoms with Crippen molar-refractivity contribution in [1.82, 2.24) is 9.97 Å². The molecule has 0 atom stereocenters. The second-order valence-corrected chi connectivity index (χ2v) is 5.16. The summed E-state index contributed by atoms with van der Waals surface area (Å²) < 4.78 is 18.5. The van der Waals surface area contributed by atoms with E-state index in [0.29, 0.717) is 30.2 Å². The molecule has 0 N–H and O–H groups in total. The third-order valence-electron chi connectivity index (χ3n) is 3.39. The van der Waals surface area contributed by atoms with Gasteiger partial charge in [-0.05, 0) is 61.0 Å². The van der Waals surface area contributed by atoms with Crippen LogP contribution < -0.4 is 4.74 Å². The Labute approximate surface area is 139 Å². The Morgan fingerprint density at radius 3 is 2.29 bits per heavy atom.